The monoisotopic (exact) mass is 345 g/mol. The number of halogens is 1. The Hall–Kier alpha value is -2.32. The highest BCUT2D eigenvalue weighted by Crippen LogP contribution is 2.18. The lowest BCUT2D eigenvalue weighted by atomic mass is 10.2. The maximum Gasteiger partial charge on any atom is 0.349 e. The lowest BCUT2D eigenvalue weighted by Gasteiger charge is -2.07. The second-order valence-corrected chi connectivity index (χ2v) is 5.11. The number of esters is 1. The van der Waals surface area contributed by atoms with Crippen molar-refractivity contribution in [2.45, 2.75) is 6.42 Å². The molecular weight excluding hydrogens is 334 g/mol. The van der Waals surface area contributed by atoms with Crippen molar-refractivity contribution in [1.82, 2.24) is 0 Å². The van der Waals surface area contributed by atoms with Crippen molar-refractivity contribution in [3.8, 4) is 17.6 Å². The number of benzene rings is 2. The average molecular weight is 346 g/mol. The molecule has 0 atom stereocenters. The molecule has 2 aromatic carbocycles. The molecule has 2 aromatic rings. The Labute approximate surface area is 131 Å². The first-order valence-electron chi connectivity index (χ1n) is 6.22. The van der Waals surface area contributed by atoms with Gasteiger partial charge in [0.15, 0.2) is 6.61 Å². The molecule has 0 fully saturated rings. The fourth-order valence-corrected chi connectivity index (χ4v) is 2.00. The molecule has 0 aliphatic carbocycles. The van der Waals surface area contributed by atoms with Gasteiger partial charge >= 0.3 is 5.97 Å². The summed E-state index contributed by atoms with van der Waals surface area (Å²) in [5.41, 5.74) is 0.877. The second-order valence-electron chi connectivity index (χ2n) is 4.20. The Balaban J connectivity index is 1.85. The van der Waals surface area contributed by atoms with Crippen LogP contribution in [0.5, 0.6) is 11.5 Å². The molecule has 0 aromatic heterocycles. The van der Waals surface area contributed by atoms with Crippen molar-refractivity contribution >= 4 is 21.9 Å². The molecule has 0 heterocycles. The number of hydrogen-bond donors (Lipinski definition) is 0. The molecular formula is C16H12BrNO3. The van der Waals surface area contributed by atoms with Gasteiger partial charge in [-0.3, -0.25) is 0 Å². The maximum absolute atomic E-state index is 11.7. The summed E-state index contributed by atoms with van der Waals surface area (Å²) in [6, 6.07) is 16.1. The fraction of sp³-hybridized carbons (Fsp3) is 0.125. The van der Waals surface area contributed by atoms with Crippen molar-refractivity contribution in [3.05, 3.63) is 58.6 Å². The molecule has 0 spiro atoms. The molecule has 0 aliphatic heterocycles. The van der Waals surface area contributed by atoms with Crippen molar-refractivity contribution in [2.24, 2.45) is 0 Å². The van der Waals surface area contributed by atoms with Crippen LogP contribution in [-0.2, 0) is 11.2 Å². The van der Waals surface area contributed by atoms with E-state index in [2.05, 4.69) is 22.0 Å². The molecule has 0 N–H and O–H groups in total. The molecule has 0 saturated heterocycles. The lowest BCUT2D eigenvalue weighted by Crippen LogP contribution is -2.17. The molecule has 0 aliphatic rings. The molecule has 2 rings (SSSR count). The Morgan fingerprint density at radius 1 is 1.14 bits per heavy atom. The van der Waals surface area contributed by atoms with Crippen molar-refractivity contribution in [1.29, 1.82) is 5.26 Å². The van der Waals surface area contributed by atoms with Crippen LogP contribution in [0.25, 0.3) is 0 Å². The van der Waals surface area contributed by atoms with E-state index >= 15 is 0 Å². The molecule has 21 heavy (non-hydrogen) atoms. The van der Waals surface area contributed by atoms with E-state index in [0.29, 0.717) is 17.9 Å². The minimum absolute atomic E-state index is 0.170. The van der Waals surface area contributed by atoms with Crippen LogP contribution < -0.4 is 9.47 Å². The van der Waals surface area contributed by atoms with Crippen LogP contribution in [0.15, 0.2) is 53.0 Å². The molecule has 4 nitrogen and oxygen atoms in total. The van der Waals surface area contributed by atoms with Crippen LogP contribution >= 0.6 is 15.9 Å². The van der Waals surface area contributed by atoms with Gasteiger partial charge in [0.25, 0.3) is 0 Å². The lowest BCUT2D eigenvalue weighted by molar-refractivity contribution is -0.136. The highest BCUT2D eigenvalue weighted by Gasteiger charge is 2.06. The van der Waals surface area contributed by atoms with E-state index < -0.39 is 5.97 Å². The highest BCUT2D eigenvalue weighted by molar-refractivity contribution is 9.10. The molecule has 0 bridgehead atoms. The Morgan fingerprint density at radius 3 is 2.57 bits per heavy atom. The predicted octanol–water partition coefficient (Wildman–Crippen LogP) is 3.50. The number of ether oxygens (including phenoxy) is 2. The standard InChI is InChI=1S/C16H12BrNO3/c17-13-2-1-3-15(10-13)20-11-16(19)21-14-6-4-12(5-7-14)8-9-18/h1-7,10H,8,11H2. The minimum atomic E-state index is -0.483. The number of rotatable bonds is 5. The fourth-order valence-electron chi connectivity index (χ4n) is 1.63. The Bertz CT molecular complexity index is 662. The smallest absolute Gasteiger partial charge is 0.349 e. The summed E-state index contributed by atoms with van der Waals surface area (Å²) in [6.07, 6.45) is 0.334. The summed E-state index contributed by atoms with van der Waals surface area (Å²) in [4.78, 5) is 11.7. The summed E-state index contributed by atoms with van der Waals surface area (Å²) in [7, 11) is 0. The summed E-state index contributed by atoms with van der Waals surface area (Å²) >= 11 is 3.32. The van der Waals surface area contributed by atoms with E-state index in [0.717, 1.165) is 10.0 Å². The first kappa shape index (κ1) is 15.1. The summed E-state index contributed by atoms with van der Waals surface area (Å²) in [5.74, 6) is 0.535. The average Bonchev–Trinajstić information content (AvgIpc) is 2.48. The first-order chi connectivity index (χ1) is 10.2. The number of carbonyl (C=O) groups is 1. The van der Waals surface area contributed by atoms with Crippen LogP contribution in [0.1, 0.15) is 5.56 Å². The first-order valence-corrected chi connectivity index (χ1v) is 7.01. The van der Waals surface area contributed by atoms with Gasteiger partial charge in [-0.1, -0.05) is 34.1 Å². The molecule has 0 saturated carbocycles. The summed E-state index contributed by atoms with van der Waals surface area (Å²) < 4.78 is 11.4. The van der Waals surface area contributed by atoms with Gasteiger partial charge in [0.05, 0.1) is 12.5 Å². The summed E-state index contributed by atoms with van der Waals surface area (Å²) in [6.45, 7) is -0.170. The van der Waals surface area contributed by atoms with Gasteiger partial charge in [0.1, 0.15) is 11.5 Å². The minimum Gasteiger partial charge on any atom is -0.482 e. The van der Waals surface area contributed by atoms with Crippen LogP contribution in [0.3, 0.4) is 0 Å². The van der Waals surface area contributed by atoms with E-state index in [1.807, 2.05) is 12.1 Å². The van der Waals surface area contributed by atoms with Crippen LogP contribution in [0.4, 0.5) is 0 Å². The molecule has 0 radical (unpaired) electrons. The quantitative estimate of drug-likeness (QED) is 0.614. The van der Waals surface area contributed by atoms with Gasteiger partial charge in [0.2, 0.25) is 0 Å². The number of carbonyl (C=O) groups excluding carboxylic acids is 1. The van der Waals surface area contributed by atoms with Crippen LogP contribution in [-0.4, -0.2) is 12.6 Å². The maximum atomic E-state index is 11.7. The number of nitrogens with zero attached hydrogens (tertiary/aromatic N) is 1. The zero-order chi connectivity index (χ0) is 15.1. The third kappa shape index (κ3) is 4.93. The van der Waals surface area contributed by atoms with E-state index in [9.17, 15) is 4.79 Å². The van der Waals surface area contributed by atoms with Gasteiger partial charge in [-0.15, -0.1) is 0 Å². The largest absolute Gasteiger partial charge is 0.482 e. The molecule has 106 valence electrons. The third-order valence-corrected chi connectivity index (χ3v) is 3.08. The van der Waals surface area contributed by atoms with Crippen LogP contribution in [0, 0.1) is 11.3 Å². The van der Waals surface area contributed by atoms with Crippen molar-refractivity contribution in [3.63, 3.8) is 0 Å². The van der Waals surface area contributed by atoms with E-state index in [1.54, 1.807) is 36.4 Å². The summed E-state index contributed by atoms with van der Waals surface area (Å²) in [5, 5.41) is 8.58. The van der Waals surface area contributed by atoms with Gasteiger partial charge in [0, 0.05) is 4.47 Å². The zero-order valence-electron chi connectivity index (χ0n) is 11.1. The van der Waals surface area contributed by atoms with Crippen LogP contribution in [0.2, 0.25) is 0 Å². The second kappa shape index (κ2) is 7.46. The van der Waals surface area contributed by atoms with Crippen molar-refractivity contribution < 1.29 is 14.3 Å². The Morgan fingerprint density at radius 2 is 1.90 bits per heavy atom. The number of nitriles is 1. The Kier molecular flexibility index (Phi) is 5.35. The number of hydrogen-bond acceptors (Lipinski definition) is 4. The topological polar surface area (TPSA) is 59.3 Å². The SMILES string of the molecule is N#CCc1ccc(OC(=O)COc2cccc(Br)c2)cc1. The highest BCUT2D eigenvalue weighted by atomic mass is 79.9. The van der Waals surface area contributed by atoms with Crippen molar-refractivity contribution in [2.75, 3.05) is 6.61 Å². The van der Waals surface area contributed by atoms with E-state index in [4.69, 9.17) is 14.7 Å². The van der Waals surface area contributed by atoms with Gasteiger partial charge in [-0.05, 0) is 35.9 Å². The van der Waals surface area contributed by atoms with Gasteiger partial charge in [-0.2, -0.15) is 5.26 Å². The normalized spacial score (nSPS) is 9.71. The van der Waals surface area contributed by atoms with E-state index in [1.165, 1.54) is 0 Å². The van der Waals surface area contributed by atoms with Gasteiger partial charge in [-0.25, -0.2) is 4.79 Å². The van der Waals surface area contributed by atoms with Gasteiger partial charge < -0.3 is 9.47 Å². The third-order valence-electron chi connectivity index (χ3n) is 2.59. The molecule has 0 amide bonds. The van der Waals surface area contributed by atoms with E-state index in [-0.39, 0.29) is 6.61 Å². The molecule has 0 unspecified atom stereocenters. The molecule has 5 heteroatoms. The predicted molar refractivity (Wildman–Crippen MR) is 81.0 cm³/mol. The zero-order valence-corrected chi connectivity index (χ0v) is 12.7.